The average molecular weight is 546 g/mol. The monoisotopic (exact) mass is 545 g/mol. The van der Waals surface area contributed by atoms with E-state index < -0.39 is 17.7 Å². The normalized spacial score (nSPS) is 17.8. The van der Waals surface area contributed by atoms with Crippen molar-refractivity contribution >= 4 is 23.1 Å². The molecule has 1 atom stereocenters. The fourth-order valence-electron chi connectivity index (χ4n) is 5.02. The van der Waals surface area contributed by atoms with Gasteiger partial charge in [-0.05, 0) is 60.4 Å². The smallest absolute Gasteiger partial charge is 0.300 e. The van der Waals surface area contributed by atoms with Crippen LogP contribution in [-0.2, 0) is 15.0 Å². The van der Waals surface area contributed by atoms with E-state index >= 15 is 0 Å². The predicted octanol–water partition coefficient (Wildman–Crippen LogP) is 5.45. The summed E-state index contributed by atoms with van der Waals surface area (Å²) in [5.41, 5.74) is 1.60. The van der Waals surface area contributed by atoms with Gasteiger partial charge in [-0.2, -0.15) is 0 Å². The Morgan fingerprint density at radius 3 is 2.45 bits per heavy atom. The Labute approximate surface area is 232 Å². The summed E-state index contributed by atoms with van der Waals surface area (Å²) in [5.74, 6) is -0.296. The molecule has 3 aromatic carbocycles. The van der Waals surface area contributed by atoms with Crippen LogP contribution >= 0.6 is 0 Å². The Morgan fingerprint density at radius 1 is 1.00 bits per heavy atom. The van der Waals surface area contributed by atoms with E-state index in [1.54, 1.807) is 62.6 Å². The first-order valence-corrected chi connectivity index (χ1v) is 12.9. The van der Waals surface area contributed by atoms with Gasteiger partial charge in [0.1, 0.15) is 11.5 Å². The molecule has 0 aromatic heterocycles. The molecule has 1 fully saturated rings. The number of phenolic OH excluding ortho intramolecular Hbond substituents is 1. The van der Waals surface area contributed by atoms with E-state index in [9.17, 15) is 19.8 Å². The first kappa shape index (κ1) is 26.9. The lowest BCUT2D eigenvalue weighted by molar-refractivity contribution is -0.132. The number of nitrogens with zero attached hydrogens (tertiary/aromatic N) is 1. The predicted molar refractivity (Wildman–Crippen MR) is 148 cm³/mol. The number of aromatic hydroxyl groups is 1. The van der Waals surface area contributed by atoms with Gasteiger partial charge in [-0.15, -0.1) is 0 Å². The number of ketones is 1. The lowest BCUT2D eigenvalue weighted by Gasteiger charge is -2.26. The van der Waals surface area contributed by atoms with Crippen LogP contribution in [0.1, 0.15) is 50.4 Å². The molecule has 2 heterocycles. The maximum Gasteiger partial charge on any atom is 0.300 e. The number of Topliss-reactive ketones (excluding diaryl/α,β-unsaturated/α-hetero) is 1. The largest absolute Gasteiger partial charge is 0.507 e. The summed E-state index contributed by atoms with van der Waals surface area (Å²) < 4.78 is 22.0. The molecule has 2 aliphatic rings. The third kappa shape index (κ3) is 4.57. The second kappa shape index (κ2) is 10.1. The topological polar surface area (TPSA) is 115 Å². The van der Waals surface area contributed by atoms with Crippen molar-refractivity contribution in [2.75, 3.05) is 25.4 Å². The Hall–Kier alpha value is -4.66. The minimum atomic E-state index is -1.03. The van der Waals surface area contributed by atoms with Crippen LogP contribution in [0.15, 0.2) is 60.2 Å². The molecule has 9 heteroatoms. The molecule has 2 N–H and O–H groups in total. The van der Waals surface area contributed by atoms with Gasteiger partial charge < -0.3 is 29.2 Å². The first-order valence-electron chi connectivity index (χ1n) is 12.9. The number of phenols is 1. The third-order valence-corrected chi connectivity index (χ3v) is 6.96. The average Bonchev–Trinajstić information content (AvgIpc) is 3.50. The SMILES string of the molecule is CCOc1cc(C2/C(=C(\O)c3ccc(OC)c(C(C)(C)C)c3)C(=O)C(=O)N2c2ccc3c(c2)OCO3)ccc1O. The lowest BCUT2D eigenvalue weighted by Crippen LogP contribution is -2.29. The van der Waals surface area contributed by atoms with E-state index in [4.69, 9.17) is 18.9 Å². The van der Waals surface area contributed by atoms with E-state index in [0.29, 0.717) is 40.7 Å². The highest BCUT2D eigenvalue weighted by Gasteiger charge is 2.47. The van der Waals surface area contributed by atoms with Crippen LogP contribution in [0.25, 0.3) is 5.76 Å². The maximum absolute atomic E-state index is 13.6. The van der Waals surface area contributed by atoms with Crippen LogP contribution in [0.4, 0.5) is 5.69 Å². The molecule has 40 heavy (non-hydrogen) atoms. The molecule has 0 bridgehead atoms. The van der Waals surface area contributed by atoms with Crippen molar-refractivity contribution in [2.45, 2.75) is 39.2 Å². The summed E-state index contributed by atoms with van der Waals surface area (Å²) in [6.45, 7) is 8.16. The molecule has 1 amide bonds. The lowest BCUT2D eigenvalue weighted by atomic mass is 9.84. The zero-order valence-electron chi connectivity index (χ0n) is 23.0. The van der Waals surface area contributed by atoms with Crippen molar-refractivity contribution in [3.05, 3.63) is 76.9 Å². The number of hydrogen-bond donors (Lipinski definition) is 2. The Morgan fingerprint density at radius 2 is 1.75 bits per heavy atom. The second-order valence-electron chi connectivity index (χ2n) is 10.5. The van der Waals surface area contributed by atoms with E-state index in [1.807, 2.05) is 20.8 Å². The summed E-state index contributed by atoms with van der Waals surface area (Å²) in [5, 5.41) is 22.0. The van der Waals surface area contributed by atoms with Crippen LogP contribution < -0.4 is 23.8 Å². The number of carbonyl (C=O) groups is 2. The number of aliphatic hydroxyl groups is 1. The van der Waals surface area contributed by atoms with Crippen molar-refractivity contribution in [3.63, 3.8) is 0 Å². The molecular weight excluding hydrogens is 514 g/mol. The fraction of sp³-hybridized carbons (Fsp3) is 0.290. The number of amides is 1. The highest BCUT2D eigenvalue weighted by atomic mass is 16.7. The molecule has 0 spiro atoms. The first-order chi connectivity index (χ1) is 19.0. The van der Waals surface area contributed by atoms with Gasteiger partial charge in [-0.1, -0.05) is 26.8 Å². The number of aliphatic hydroxyl groups excluding tert-OH is 1. The molecule has 208 valence electrons. The van der Waals surface area contributed by atoms with Crippen LogP contribution in [0, 0.1) is 0 Å². The van der Waals surface area contributed by atoms with Gasteiger partial charge in [0.15, 0.2) is 23.0 Å². The third-order valence-electron chi connectivity index (χ3n) is 6.96. The Bertz CT molecular complexity index is 1530. The van der Waals surface area contributed by atoms with E-state index in [1.165, 1.54) is 11.0 Å². The van der Waals surface area contributed by atoms with Gasteiger partial charge in [0, 0.05) is 22.9 Å². The number of rotatable bonds is 6. The summed E-state index contributed by atoms with van der Waals surface area (Å²) in [6.07, 6.45) is 0. The van der Waals surface area contributed by atoms with Gasteiger partial charge in [0.2, 0.25) is 6.79 Å². The fourth-order valence-corrected chi connectivity index (χ4v) is 5.02. The zero-order chi connectivity index (χ0) is 28.8. The van der Waals surface area contributed by atoms with Gasteiger partial charge in [-0.3, -0.25) is 14.5 Å². The van der Waals surface area contributed by atoms with E-state index in [-0.39, 0.29) is 35.0 Å². The summed E-state index contributed by atoms with van der Waals surface area (Å²) in [7, 11) is 1.57. The van der Waals surface area contributed by atoms with Crippen molar-refractivity contribution in [2.24, 2.45) is 0 Å². The Balaban J connectivity index is 1.73. The second-order valence-corrected chi connectivity index (χ2v) is 10.5. The number of fused-ring (bicyclic) bond motifs is 1. The molecule has 2 aliphatic heterocycles. The number of ether oxygens (including phenoxy) is 4. The molecule has 1 unspecified atom stereocenters. The van der Waals surface area contributed by atoms with Crippen LogP contribution in [0.2, 0.25) is 0 Å². The standard InChI is InChI=1S/C31H31NO8/c1-6-38-24-14-17(7-10-21(24)33)27-26(28(34)18-8-11-22(37-5)20(13-18)31(2,3)4)29(35)30(36)32(27)19-9-12-23-25(15-19)40-16-39-23/h7-15,27,33-34H,6,16H2,1-5H3/b28-26+. The summed E-state index contributed by atoms with van der Waals surface area (Å²) in [4.78, 5) is 28.5. The zero-order valence-corrected chi connectivity index (χ0v) is 23.0. The molecule has 5 rings (SSSR count). The molecule has 0 radical (unpaired) electrons. The van der Waals surface area contributed by atoms with Crippen LogP contribution in [-0.4, -0.2) is 42.4 Å². The number of anilines is 1. The van der Waals surface area contributed by atoms with Gasteiger partial charge >= 0.3 is 0 Å². The van der Waals surface area contributed by atoms with E-state index in [2.05, 4.69) is 0 Å². The molecular formula is C31H31NO8. The number of hydrogen-bond acceptors (Lipinski definition) is 8. The van der Waals surface area contributed by atoms with Gasteiger partial charge in [0.05, 0.1) is 25.3 Å². The van der Waals surface area contributed by atoms with Crippen LogP contribution in [0.3, 0.4) is 0 Å². The summed E-state index contributed by atoms with van der Waals surface area (Å²) in [6, 6.07) is 13.6. The van der Waals surface area contributed by atoms with Crippen molar-refractivity contribution in [3.8, 4) is 28.7 Å². The minimum absolute atomic E-state index is 0.0459. The summed E-state index contributed by atoms with van der Waals surface area (Å²) >= 11 is 0. The van der Waals surface area contributed by atoms with Crippen molar-refractivity contribution < 1.29 is 38.7 Å². The molecule has 1 saturated heterocycles. The Kier molecular flexibility index (Phi) is 6.83. The quantitative estimate of drug-likeness (QED) is 0.239. The minimum Gasteiger partial charge on any atom is -0.507 e. The molecule has 9 nitrogen and oxygen atoms in total. The van der Waals surface area contributed by atoms with E-state index in [0.717, 1.165) is 5.56 Å². The van der Waals surface area contributed by atoms with Crippen molar-refractivity contribution in [1.82, 2.24) is 0 Å². The maximum atomic E-state index is 13.6. The number of benzene rings is 3. The van der Waals surface area contributed by atoms with Crippen LogP contribution in [0.5, 0.6) is 28.7 Å². The van der Waals surface area contributed by atoms with Gasteiger partial charge in [0.25, 0.3) is 11.7 Å². The number of methoxy groups -OCH3 is 1. The molecule has 0 saturated carbocycles. The molecule has 0 aliphatic carbocycles. The number of carbonyl (C=O) groups excluding carboxylic acids is 2. The van der Waals surface area contributed by atoms with Crippen molar-refractivity contribution in [1.29, 1.82) is 0 Å². The highest BCUT2D eigenvalue weighted by molar-refractivity contribution is 6.51. The molecule has 3 aromatic rings. The van der Waals surface area contributed by atoms with Gasteiger partial charge in [-0.25, -0.2) is 0 Å². The highest BCUT2D eigenvalue weighted by Crippen LogP contribution is 2.46.